The Morgan fingerprint density at radius 3 is 2.16 bits per heavy atom. The Balaban J connectivity index is 0.880. The van der Waals surface area contributed by atoms with E-state index in [1.807, 2.05) is 43.6 Å². The van der Waals surface area contributed by atoms with Gasteiger partial charge in [-0.2, -0.15) is 0 Å². The number of alkyl carbamates (subject to hydrolysis) is 1. The number of rotatable bonds is 9. The summed E-state index contributed by atoms with van der Waals surface area (Å²) in [7, 11) is 2.81. The van der Waals surface area contributed by atoms with Gasteiger partial charge in [-0.15, -0.1) is 0 Å². The number of nitrogens with one attached hydrogen (secondary N) is 3. The number of amides is 4. The van der Waals surface area contributed by atoms with E-state index in [9.17, 15) is 24.3 Å². The Morgan fingerprint density at radius 1 is 0.824 bits per heavy atom. The summed E-state index contributed by atoms with van der Waals surface area (Å²) in [4.78, 5) is 75.5. The third kappa shape index (κ3) is 8.52. The molecule has 68 heavy (non-hydrogen) atoms. The van der Waals surface area contributed by atoms with Crippen molar-refractivity contribution < 1.29 is 43.2 Å². The maximum atomic E-state index is 14.4. The summed E-state index contributed by atoms with van der Waals surface area (Å²) >= 11 is 0. The van der Waals surface area contributed by atoms with Crippen molar-refractivity contribution in [2.24, 2.45) is 11.8 Å². The molecule has 5 aliphatic heterocycles. The first-order valence-electron chi connectivity index (χ1n) is 24.2. The highest BCUT2D eigenvalue weighted by Gasteiger charge is 2.45. The number of carbonyl (C=O) groups is 4. The molecule has 7 heterocycles. The summed E-state index contributed by atoms with van der Waals surface area (Å²) in [5.41, 5.74) is 6.50. The molecule has 0 aliphatic carbocycles. The molecule has 8 atom stereocenters. The minimum atomic E-state index is -1.12. The number of likely N-dealkylation sites (N-methyl/N-ethyl adjacent to an activating group) is 1. The second-order valence-electron chi connectivity index (χ2n) is 19.8. The van der Waals surface area contributed by atoms with Crippen LogP contribution in [0.5, 0.6) is 5.75 Å². The maximum absolute atomic E-state index is 14.4. The van der Waals surface area contributed by atoms with Crippen LogP contribution < -0.4 is 10.1 Å². The lowest BCUT2D eigenvalue weighted by atomic mass is 9.84. The van der Waals surface area contributed by atoms with Gasteiger partial charge in [0, 0.05) is 31.1 Å². The highest BCUT2D eigenvalue weighted by molar-refractivity contribution is 6.07. The number of ether oxygens (including phenoxy) is 4. The maximum Gasteiger partial charge on any atom is 0.407 e. The lowest BCUT2D eigenvalue weighted by molar-refractivity contribution is -0.143. The molecule has 2 aromatic heterocycles. The van der Waals surface area contributed by atoms with E-state index in [1.165, 1.54) is 19.1 Å². The van der Waals surface area contributed by atoms with Crippen LogP contribution in [0.1, 0.15) is 108 Å². The van der Waals surface area contributed by atoms with Gasteiger partial charge in [-0.05, 0) is 137 Å². The molecular formula is C51H62N8O9. The van der Waals surface area contributed by atoms with Crippen LogP contribution in [0.3, 0.4) is 0 Å². The van der Waals surface area contributed by atoms with E-state index in [-0.39, 0.29) is 60.1 Å². The zero-order chi connectivity index (χ0) is 47.5. The molecule has 0 unspecified atom stereocenters. The second-order valence-corrected chi connectivity index (χ2v) is 19.8. The molecule has 5 aromatic rings. The zero-order valence-corrected chi connectivity index (χ0v) is 39.6. The van der Waals surface area contributed by atoms with Gasteiger partial charge in [-0.3, -0.25) is 14.5 Å². The van der Waals surface area contributed by atoms with Gasteiger partial charge < -0.3 is 49.1 Å². The first-order chi connectivity index (χ1) is 32.7. The van der Waals surface area contributed by atoms with Crippen LogP contribution in [0, 0.1) is 11.8 Å². The average Bonchev–Trinajstić information content (AvgIpc) is 4.16. The number of H-pyrrole nitrogens is 2. The first-order valence-corrected chi connectivity index (χ1v) is 24.2. The number of benzene rings is 3. The van der Waals surface area contributed by atoms with Crippen LogP contribution in [-0.2, 0) is 30.4 Å². The first kappa shape index (κ1) is 45.6. The highest BCUT2D eigenvalue weighted by atomic mass is 16.5. The Kier molecular flexibility index (Phi) is 12.3. The molecule has 4 saturated heterocycles. The van der Waals surface area contributed by atoms with E-state index in [4.69, 9.17) is 28.9 Å². The van der Waals surface area contributed by atoms with Gasteiger partial charge >= 0.3 is 12.2 Å². The van der Waals surface area contributed by atoms with Crippen LogP contribution in [0.15, 0.2) is 48.7 Å². The topological polar surface area (TPSA) is 205 Å². The van der Waals surface area contributed by atoms with Crippen LogP contribution >= 0.6 is 0 Å². The van der Waals surface area contributed by atoms with Crippen molar-refractivity contribution in [2.45, 2.75) is 134 Å². The molecule has 4 amide bonds. The fraction of sp³-hybridized carbons (Fsp3) is 0.529. The van der Waals surface area contributed by atoms with Crippen molar-refractivity contribution in [3.05, 3.63) is 65.9 Å². The minimum absolute atomic E-state index is 0.0320. The lowest BCUT2D eigenvalue weighted by Gasteiger charge is -2.41. The Bertz CT molecular complexity index is 2730. The van der Waals surface area contributed by atoms with Gasteiger partial charge in [-0.25, -0.2) is 19.6 Å². The summed E-state index contributed by atoms with van der Waals surface area (Å²) in [5, 5.41) is 14.9. The fourth-order valence-electron chi connectivity index (χ4n) is 12.1. The van der Waals surface area contributed by atoms with Gasteiger partial charge in [0.05, 0.1) is 66.5 Å². The molecule has 0 radical (unpaired) electrons. The van der Waals surface area contributed by atoms with Crippen molar-refractivity contribution >= 4 is 45.8 Å². The second kappa shape index (κ2) is 18.4. The predicted octanol–water partition coefficient (Wildman–Crippen LogP) is 8.10. The van der Waals surface area contributed by atoms with Gasteiger partial charge in [0.2, 0.25) is 11.8 Å². The van der Waals surface area contributed by atoms with Gasteiger partial charge in [0.15, 0.2) is 0 Å². The Labute approximate surface area is 395 Å². The van der Waals surface area contributed by atoms with E-state index in [0.717, 1.165) is 81.2 Å². The van der Waals surface area contributed by atoms with Crippen molar-refractivity contribution in [2.75, 3.05) is 27.2 Å². The van der Waals surface area contributed by atoms with Crippen LogP contribution in [0.2, 0.25) is 0 Å². The van der Waals surface area contributed by atoms with Crippen LogP contribution in [0.25, 0.3) is 44.2 Å². The summed E-state index contributed by atoms with van der Waals surface area (Å²) in [6.45, 7) is 9.42. The third-order valence-corrected chi connectivity index (χ3v) is 15.1. The summed E-state index contributed by atoms with van der Waals surface area (Å²) < 4.78 is 23.4. The average molecular weight is 931 g/mol. The highest BCUT2D eigenvalue weighted by Crippen LogP contribution is 2.44. The van der Waals surface area contributed by atoms with Crippen molar-refractivity contribution in [3.8, 4) is 28.1 Å². The van der Waals surface area contributed by atoms with Crippen molar-refractivity contribution in [1.82, 2.24) is 40.0 Å². The molecular weight excluding hydrogens is 869 g/mol. The summed E-state index contributed by atoms with van der Waals surface area (Å²) in [6.07, 6.45) is 5.47. The number of hydrogen-bond acceptors (Lipinski definition) is 10. The smallest absolute Gasteiger partial charge is 0.407 e. The molecule has 4 fully saturated rings. The molecule has 17 nitrogen and oxygen atoms in total. The van der Waals surface area contributed by atoms with E-state index < -0.39 is 24.3 Å². The standard InChI is InChI=1S/C51H62N8O9/c1-26-17-32(18-27(2)67-26)43(56-50(62)65-6)48(60)58-15-8-10-41(58)47-53-38-14-12-30-22-37-35-13-11-31(21-34(35)25-66-42(37)23-36(30)44(38)55-47)39-24-52-46(54-39)40-9-7-16-59(40)49(61)45(57(5)51(63)64)33-19-28(3)68-29(4)20-33/h11-14,21-24,26-29,32-33,40-41,43,45H,7-10,15-20,25H2,1-6H3,(H,52,54)(H,53,55)(H,56,62)(H,63,64)/t26-,27-,28-,29-,40+,41+,43+,45+/m1/s1. The number of imidazole rings is 2. The number of aromatic amines is 2. The molecule has 0 spiro atoms. The van der Waals surface area contributed by atoms with Crippen LogP contribution in [-0.4, -0.2) is 127 Å². The zero-order valence-electron chi connectivity index (χ0n) is 39.6. The number of carbonyl (C=O) groups excluding carboxylic acids is 3. The molecule has 3 aromatic carbocycles. The quantitative estimate of drug-likeness (QED) is 0.111. The molecule has 0 bridgehead atoms. The molecule has 4 N–H and O–H groups in total. The summed E-state index contributed by atoms with van der Waals surface area (Å²) in [5.74, 6) is 1.58. The van der Waals surface area contributed by atoms with Crippen LogP contribution in [0.4, 0.5) is 9.59 Å². The minimum Gasteiger partial charge on any atom is -0.488 e. The predicted molar refractivity (Wildman–Crippen MR) is 253 cm³/mol. The normalized spacial score (nSPS) is 26.7. The number of aromatic nitrogens is 4. The number of hydrogen-bond donors (Lipinski definition) is 4. The van der Waals surface area contributed by atoms with Gasteiger partial charge in [0.25, 0.3) is 0 Å². The van der Waals surface area contributed by atoms with Crippen molar-refractivity contribution in [1.29, 1.82) is 0 Å². The third-order valence-electron chi connectivity index (χ3n) is 15.1. The van der Waals surface area contributed by atoms with E-state index >= 15 is 0 Å². The van der Waals surface area contributed by atoms with E-state index in [0.29, 0.717) is 57.0 Å². The SMILES string of the molecule is COC(=O)N[C@H](C(=O)N1CCC[C@H]1c1nc2c(ccc3cc4c(cc32)OCc2cc(-c3cnc([C@@H]5CCCN5C(=O)[C@H](C5C[C@@H](C)O[C@H](C)C5)N(C)C(=O)O)[nH]3)ccc2-4)[nH]1)C1C[C@@H](C)O[C@H](C)C1. The molecule has 17 heteroatoms. The number of methoxy groups -OCH3 is 1. The summed E-state index contributed by atoms with van der Waals surface area (Å²) in [6, 6.07) is 12.5. The van der Waals surface area contributed by atoms with Crippen molar-refractivity contribution in [3.63, 3.8) is 0 Å². The Hall–Kier alpha value is -6.20. The van der Waals surface area contributed by atoms with E-state index in [1.54, 1.807) is 6.20 Å². The fourth-order valence-corrected chi connectivity index (χ4v) is 12.1. The molecule has 10 rings (SSSR count). The van der Waals surface area contributed by atoms with Gasteiger partial charge in [0.1, 0.15) is 36.1 Å². The number of fused-ring (bicyclic) bond motifs is 6. The molecule has 0 saturated carbocycles. The lowest BCUT2D eigenvalue weighted by Crippen LogP contribution is -2.54. The number of nitrogens with zero attached hydrogens (tertiary/aromatic N) is 5. The van der Waals surface area contributed by atoms with E-state index in [2.05, 4.69) is 51.7 Å². The number of likely N-dealkylation sites (tertiary alicyclic amines) is 2. The molecule has 5 aliphatic rings. The Morgan fingerprint density at radius 2 is 1.49 bits per heavy atom. The molecule has 360 valence electrons. The number of carboxylic acid groups (broad SMARTS) is 1. The monoisotopic (exact) mass is 930 g/mol. The van der Waals surface area contributed by atoms with Gasteiger partial charge in [-0.1, -0.05) is 18.2 Å². The largest absolute Gasteiger partial charge is 0.488 e.